The van der Waals surface area contributed by atoms with Crippen LogP contribution in [-0.4, -0.2) is 11.1 Å². The third kappa shape index (κ3) is 4.78. The number of aromatic carboxylic acids is 1. The predicted octanol–water partition coefficient (Wildman–Crippen LogP) is 6.52. The van der Waals surface area contributed by atoms with Crippen LogP contribution in [0, 0.1) is 5.82 Å². The number of ether oxygens (including phenoxy) is 1. The average molecular weight is 436 g/mol. The molecule has 0 spiro atoms. The number of carboxylic acid groups (broad SMARTS) is 1. The Bertz CT molecular complexity index is 1240. The third-order valence-corrected chi connectivity index (χ3v) is 5.29. The van der Waals surface area contributed by atoms with Gasteiger partial charge >= 0.3 is 5.97 Å². The van der Waals surface area contributed by atoms with E-state index < -0.39 is 5.97 Å². The normalized spacial score (nSPS) is 10.8. The van der Waals surface area contributed by atoms with Crippen molar-refractivity contribution < 1.29 is 19.0 Å². The van der Waals surface area contributed by atoms with Crippen LogP contribution < -0.4 is 10.1 Å². The van der Waals surface area contributed by atoms with Crippen LogP contribution in [0.15, 0.2) is 78.9 Å². The van der Waals surface area contributed by atoms with Gasteiger partial charge in [0.15, 0.2) is 0 Å². The van der Waals surface area contributed by atoms with Gasteiger partial charge in [0.2, 0.25) is 0 Å². The summed E-state index contributed by atoms with van der Waals surface area (Å²) >= 11 is 6.09. The lowest BCUT2D eigenvalue weighted by atomic mass is 10.0. The highest BCUT2D eigenvalue weighted by Crippen LogP contribution is 2.30. The molecular formula is C25H19ClFNO3. The van der Waals surface area contributed by atoms with Gasteiger partial charge in [-0.1, -0.05) is 54.1 Å². The van der Waals surface area contributed by atoms with Gasteiger partial charge in [0.1, 0.15) is 18.2 Å². The smallest absolute Gasteiger partial charge is 0.337 e. The summed E-state index contributed by atoms with van der Waals surface area (Å²) in [4.78, 5) is 11.2. The van der Waals surface area contributed by atoms with Gasteiger partial charge in [0, 0.05) is 17.8 Å². The summed E-state index contributed by atoms with van der Waals surface area (Å²) in [5.41, 5.74) is 2.58. The molecule has 0 heterocycles. The zero-order chi connectivity index (χ0) is 21.8. The molecule has 4 rings (SSSR count). The molecule has 0 atom stereocenters. The van der Waals surface area contributed by atoms with Crippen molar-refractivity contribution in [1.29, 1.82) is 0 Å². The molecule has 0 aromatic heterocycles. The van der Waals surface area contributed by atoms with E-state index in [2.05, 4.69) is 5.32 Å². The van der Waals surface area contributed by atoms with Gasteiger partial charge in [-0.25, -0.2) is 9.18 Å². The maximum absolute atomic E-state index is 13.2. The fraction of sp³-hybridized carbons (Fsp3) is 0.0800. The van der Waals surface area contributed by atoms with Gasteiger partial charge in [0.05, 0.1) is 10.6 Å². The minimum atomic E-state index is -1.07. The summed E-state index contributed by atoms with van der Waals surface area (Å²) in [5, 5.41) is 14.7. The molecular weight excluding hydrogens is 417 g/mol. The maximum atomic E-state index is 13.2. The number of fused-ring (bicyclic) bond motifs is 1. The standard InChI is InChI=1S/C25H19ClFNO3/c26-23-13-19(10-11-21(23)25(29)30)28-14-22-20-4-2-1-3-17(20)7-12-24(22)31-15-16-5-8-18(27)9-6-16/h1-13,28H,14-15H2,(H,29,30). The zero-order valence-corrected chi connectivity index (χ0v) is 17.2. The van der Waals surface area contributed by atoms with E-state index in [1.165, 1.54) is 18.2 Å². The summed E-state index contributed by atoms with van der Waals surface area (Å²) in [6, 6.07) is 22.9. The Hall–Kier alpha value is -3.57. The summed E-state index contributed by atoms with van der Waals surface area (Å²) in [5.74, 6) is -0.641. The van der Waals surface area contributed by atoms with E-state index in [1.54, 1.807) is 24.3 Å². The molecule has 4 aromatic rings. The first-order valence-corrected chi connectivity index (χ1v) is 10.0. The molecule has 156 valence electrons. The van der Waals surface area contributed by atoms with E-state index in [4.69, 9.17) is 21.4 Å². The highest BCUT2D eigenvalue weighted by molar-refractivity contribution is 6.33. The van der Waals surface area contributed by atoms with Crippen LogP contribution in [0.3, 0.4) is 0 Å². The van der Waals surface area contributed by atoms with E-state index in [1.807, 2.05) is 36.4 Å². The number of carboxylic acids is 1. The summed E-state index contributed by atoms with van der Waals surface area (Å²) in [7, 11) is 0. The monoisotopic (exact) mass is 435 g/mol. The molecule has 31 heavy (non-hydrogen) atoms. The Morgan fingerprint density at radius 2 is 1.77 bits per heavy atom. The van der Waals surface area contributed by atoms with Gasteiger partial charge < -0.3 is 15.2 Å². The molecule has 0 fully saturated rings. The fourth-order valence-corrected chi connectivity index (χ4v) is 3.63. The number of anilines is 1. The first kappa shape index (κ1) is 20.7. The Morgan fingerprint density at radius 1 is 1.00 bits per heavy atom. The van der Waals surface area contributed by atoms with Crippen LogP contribution in [0.4, 0.5) is 10.1 Å². The Morgan fingerprint density at radius 3 is 2.52 bits per heavy atom. The minimum absolute atomic E-state index is 0.0562. The quantitative estimate of drug-likeness (QED) is 0.347. The van der Waals surface area contributed by atoms with E-state index in [0.717, 1.165) is 21.9 Å². The molecule has 0 radical (unpaired) electrons. The second-order valence-electron chi connectivity index (χ2n) is 7.03. The van der Waals surface area contributed by atoms with Crippen LogP contribution in [0.5, 0.6) is 5.75 Å². The van der Waals surface area contributed by atoms with Crippen molar-refractivity contribution >= 4 is 34.0 Å². The van der Waals surface area contributed by atoms with E-state index in [0.29, 0.717) is 24.6 Å². The average Bonchev–Trinajstić information content (AvgIpc) is 2.77. The number of rotatable bonds is 7. The van der Waals surface area contributed by atoms with Gasteiger partial charge in [-0.3, -0.25) is 0 Å². The molecule has 4 nitrogen and oxygen atoms in total. The van der Waals surface area contributed by atoms with Crippen LogP contribution >= 0.6 is 11.6 Å². The van der Waals surface area contributed by atoms with E-state index in [9.17, 15) is 9.18 Å². The molecule has 4 aromatic carbocycles. The van der Waals surface area contributed by atoms with Crippen molar-refractivity contribution in [2.45, 2.75) is 13.2 Å². The summed E-state index contributed by atoms with van der Waals surface area (Å²) < 4.78 is 19.2. The molecule has 0 saturated heterocycles. The summed E-state index contributed by atoms with van der Waals surface area (Å²) in [6.07, 6.45) is 0. The first-order chi connectivity index (χ1) is 15.0. The molecule has 0 aliphatic carbocycles. The maximum Gasteiger partial charge on any atom is 0.337 e. The van der Waals surface area contributed by atoms with Crippen LogP contribution in [0.2, 0.25) is 5.02 Å². The number of hydrogen-bond donors (Lipinski definition) is 2. The Balaban J connectivity index is 1.60. The lowest BCUT2D eigenvalue weighted by Gasteiger charge is -2.16. The number of halogens is 2. The molecule has 2 N–H and O–H groups in total. The Labute approximate surface area is 183 Å². The van der Waals surface area contributed by atoms with Gasteiger partial charge in [-0.15, -0.1) is 0 Å². The lowest BCUT2D eigenvalue weighted by molar-refractivity contribution is 0.0697. The fourth-order valence-electron chi connectivity index (χ4n) is 3.36. The number of nitrogens with one attached hydrogen (secondary N) is 1. The van der Waals surface area contributed by atoms with Gasteiger partial charge in [-0.05, 0) is 52.7 Å². The largest absolute Gasteiger partial charge is 0.489 e. The summed E-state index contributed by atoms with van der Waals surface area (Å²) in [6.45, 7) is 0.758. The number of benzene rings is 4. The van der Waals surface area contributed by atoms with Gasteiger partial charge in [-0.2, -0.15) is 0 Å². The molecule has 0 aliphatic rings. The predicted molar refractivity (Wildman–Crippen MR) is 120 cm³/mol. The van der Waals surface area contributed by atoms with Crippen molar-refractivity contribution in [3.05, 3.63) is 106 Å². The van der Waals surface area contributed by atoms with Crippen molar-refractivity contribution in [3.8, 4) is 5.75 Å². The highest BCUT2D eigenvalue weighted by Gasteiger charge is 2.12. The molecule has 6 heteroatoms. The number of carbonyl (C=O) groups is 1. The molecule has 0 amide bonds. The molecule has 0 saturated carbocycles. The van der Waals surface area contributed by atoms with Crippen LogP contribution in [-0.2, 0) is 13.2 Å². The highest BCUT2D eigenvalue weighted by atomic mass is 35.5. The number of hydrogen-bond acceptors (Lipinski definition) is 3. The second kappa shape index (κ2) is 9.06. The van der Waals surface area contributed by atoms with Gasteiger partial charge in [0.25, 0.3) is 0 Å². The SMILES string of the molecule is O=C(O)c1ccc(NCc2c(OCc3ccc(F)cc3)ccc3ccccc23)cc1Cl. The second-order valence-corrected chi connectivity index (χ2v) is 7.44. The molecule has 0 unspecified atom stereocenters. The first-order valence-electron chi connectivity index (χ1n) is 9.66. The molecule has 0 bridgehead atoms. The van der Waals surface area contributed by atoms with E-state index >= 15 is 0 Å². The van der Waals surface area contributed by atoms with Crippen LogP contribution in [0.25, 0.3) is 10.8 Å². The topological polar surface area (TPSA) is 58.6 Å². The van der Waals surface area contributed by atoms with Crippen molar-refractivity contribution in [2.75, 3.05) is 5.32 Å². The van der Waals surface area contributed by atoms with E-state index in [-0.39, 0.29) is 16.4 Å². The Kier molecular flexibility index (Phi) is 6.05. The van der Waals surface area contributed by atoms with Crippen molar-refractivity contribution in [3.63, 3.8) is 0 Å². The third-order valence-electron chi connectivity index (χ3n) is 4.97. The lowest BCUT2D eigenvalue weighted by Crippen LogP contribution is -2.05. The minimum Gasteiger partial charge on any atom is -0.489 e. The van der Waals surface area contributed by atoms with Crippen molar-refractivity contribution in [1.82, 2.24) is 0 Å². The van der Waals surface area contributed by atoms with Crippen molar-refractivity contribution in [2.24, 2.45) is 0 Å². The zero-order valence-electron chi connectivity index (χ0n) is 16.4. The van der Waals surface area contributed by atoms with Crippen LogP contribution in [0.1, 0.15) is 21.5 Å². The molecule has 0 aliphatic heterocycles.